The molecule has 2 aliphatic rings. The number of rotatable bonds is 2. The summed E-state index contributed by atoms with van der Waals surface area (Å²) in [4.78, 5) is 31.0. The first kappa shape index (κ1) is 18.2. The fourth-order valence-corrected chi connectivity index (χ4v) is 4.35. The summed E-state index contributed by atoms with van der Waals surface area (Å²) in [6.07, 6.45) is 0. The molecule has 2 fully saturated rings. The lowest BCUT2D eigenvalue weighted by molar-refractivity contribution is -0.125. The van der Waals surface area contributed by atoms with Gasteiger partial charge < -0.3 is 19.9 Å². The van der Waals surface area contributed by atoms with Crippen molar-refractivity contribution in [3.05, 3.63) is 59.2 Å². The molecule has 2 aromatic carbocycles. The molecule has 148 valence electrons. The summed E-state index contributed by atoms with van der Waals surface area (Å²) in [7, 11) is 0. The minimum absolute atomic E-state index is 0.0467. The van der Waals surface area contributed by atoms with Gasteiger partial charge in [0.1, 0.15) is 5.69 Å². The van der Waals surface area contributed by atoms with Crippen LogP contribution in [0.2, 0.25) is 5.02 Å². The van der Waals surface area contributed by atoms with Crippen molar-refractivity contribution in [3.8, 4) is 11.1 Å². The largest absolute Gasteiger partial charge is 0.378 e. The van der Waals surface area contributed by atoms with E-state index < -0.39 is 0 Å². The van der Waals surface area contributed by atoms with Crippen molar-refractivity contribution in [2.75, 3.05) is 26.3 Å². The molecule has 2 saturated heterocycles. The van der Waals surface area contributed by atoms with E-state index >= 15 is 0 Å². The Labute approximate surface area is 172 Å². The number of hydrogen-bond acceptors (Lipinski definition) is 3. The molecule has 5 rings (SSSR count). The first-order valence-corrected chi connectivity index (χ1v) is 10.0. The van der Waals surface area contributed by atoms with Crippen LogP contribution in [0.5, 0.6) is 0 Å². The second-order valence-corrected chi connectivity index (χ2v) is 8.02. The lowest BCUT2D eigenvalue weighted by Crippen LogP contribution is -2.44. The summed E-state index contributed by atoms with van der Waals surface area (Å²) in [5.41, 5.74) is 3.14. The Kier molecular flexibility index (Phi) is 4.53. The van der Waals surface area contributed by atoms with Crippen LogP contribution in [0.15, 0.2) is 48.5 Å². The molecule has 3 heterocycles. The van der Waals surface area contributed by atoms with Gasteiger partial charge in [0.05, 0.1) is 25.2 Å². The summed E-state index contributed by atoms with van der Waals surface area (Å²) < 4.78 is 5.58. The molecule has 0 saturated carbocycles. The van der Waals surface area contributed by atoms with E-state index in [0.29, 0.717) is 37.0 Å². The zero-order chi connectivity index (χ0) is 20.0. The SMILES string of the molecule is O=C1N[C@@H]2COC[C@H]1CN(C(=O)c1[nH]c3ccc(Cl)cc3c1-c1ccccc1)C2. The highest BCUT2D eigenvalue weighted by Gasteiger charge is 2.36. The van der Waals surface area contributed by atoms with E-state index in [0.717, 1.165) is 22.0 Å². The van der Waals surface area contributed by atoms with Gasteiger partial charge in [-0.15, -0.1) is 0 Å². The molecular formula is C22H20ClN3O3. The predicted molar refractivity (Wildman–Crippen MR) is 111 cm³/mol. The standard InChI is InChI=1S/C22H20ClN3O3/c23-15-6-7-18-17(8-15)19(13-4-2-1-3-5-13)20(25-18)22(28)26-9-14-11-29-12-16(10-26)24-21(14)27/h1-8,14,16,25H,9-12H2,(H,24,27)/t14-,16+/m1/s1. The average molecular weight is 410 g/mol. The second kappa shape index (κ2) is 7.21. The third-order valence-corrected chi connectivity index (χ3v) is 5.80. The molecule has 6 nitrogen and oxygen atoms in total. The van der Waals surface area contributed by atoms with Crippen LogP contribution in [0.25, 0.3) is 22.0 Å². The normalized spacial score (nSPS) is 21.7. The highest BCUT2D eigenvalue weighted by atomic mass is 35.5. The van der Waals surface area contributed by atoms with Crippen molar-refractivity contribution in [2.45, 2.75) is 6.04 Å². The topological polar surface area (TPSA) is 74.4 Å². The van der Waals surface area contributed by atoms with Crippen molar-refractivity contribution in [3.63, 3.8) is 0 Å². The number of amides is 2. The number of carbonyl (C=O) groups is 2. The zero-order valence-electron chi connectivity index (χ0n) is 15.7. The fraction of sp³-hybridized carbons (Fsp3) is 0.273. The minimum atomic E-state index is -0.356. The van der Waals surface area contributed by atoms with Gasteiger partial charge in [0.25, 0.3) is 5.91 Å². The van der Waals surface area contributed by atoms with Crippen LogP contribution in [0.4, 0.5) is 0 Å². The van der Waals surface area contributed by atoms with Gasteiger partial charge >= 0.3 is 0 Å². The zero-order valence-corrected chi connectivity index (χ0v) is 16.4. The summed E-state index contributed by atoms with van der Waals surface area (Å²) in [6, 6.07) is 15.2. The Morgan fingerprint density at radius 2 is 1.93 bits per heavy atom. The van der Waals surface area contributed by atoms with Crippen LogP contribution in [0, 0.1) is 5.92 Å². The van der Waals surface area contributed by atoms with Crippen molar-refractivity contribution in [1.82, 2.24) is 15.2 Å². The molecule has 0 radical (unpaired) electrons. The molecule has 2 aliphatic heterocycles. The Hall–Kier alpha value is -2.83. The van der Waals surface area contributed by atoms with Gasteiger partial charge in [0.2, 0.25) is 5.91 Å². The van der Waals surface area contributed by atoms with Crippen LogP contribution >= 0.6 is 11.6 Å². The highest BCUT2D eigenvalue weighted by Crippen LogP contribution is 2.35. The number of halogens is 1. The minimum Gasteiger partial charge on any atom is -0.378 e. The monoisotopic (exact) mass is 409 g/mol. The van der Waals surface area contributed by atoms with Crippen molar-refractivity contribution >= 4 is 34.3 Å². The Balaban J connectivity index is 1.61. The second-order valence-electron chi connectivity index (χ2n) is 7.58. The van der Waals surface area contributed by atoms with Crippen LogP contribution in [-0.4, -0.2) is 54.0 Å². The lowest BCUT2D eigenvalue weighted by Gasteiger charge is -2.27. The molecule has 29 heavy (non-hydrogen) atoms. The van der Waals surface area contributed by atoms with E-state index in [-0.39, 0.29) is 23.8 Å². The van der Waals surface area contributed by atoms with E-state index in [4.69, 9.17) is 16.3 Å². The maximum Gasteiger partial charge on any atom is 0.271 e. The van der Waals surface area contributed by atoms with Gasteiger partial charge in [0.15, 0.2) is 0 Å². The number of aromatic nitrogens is 1. The third kappa shape index (κ3) is 3.28. The van der Waals surface area contributed by atoms with Gasteiger partial charge in [-0.2, -0.15) is 0 Å². The van der Waals surface area contributed by atoms with Crippen molar-refractivity contribution in [1.29, 1.82) is 0 Å². The molecule has 2 atom stereocenters. The van der Waals surface area contributed by atoms with E-state index in [1.807, 2.05) is 42.5 Å². The summed E-state index contributed by atoms with van der Waals surface area (Å²) in [5, 5.41) is 4.49. The summed E-state index contributed by atoms with van der Waals surface area (Å²) in [5.74, 6) is -0.524. The Bertz CT molecular complexity index is 1100. The number of hydrogen-bond donors (Lipinski definition) is 2. The Morgan fingerprint density at radius 3 is 2.76 bits per heavy atom. The van der Waals surface area contributed by atoms with E-state index in [1.54, 1.807) is 11.0 Å². The van der Waals surface area contributed by atoms with E-state index in [9.17, 15) is 9.59 Å². The smallest absolute Gasteiger partial charge is 0.271 e. The number of ether oxygens (including phenoxy) is 1. The van der Waals surface area contributed by atoms with Gasteiger partial charge in [-0.3, -0.25) is 9.59 Å². The number of nitrogens with one attached hydrogen (secondary N) is 2. The number of nitrogens with zero attached hydrogens (tertiary/aromatic N) is 1. The van der Waals surface area contributed by atoms with E-state index in [2.05, 4.69) is 10.3 Å². The average Bonchev–Trinajstić information content (AvgIpc) is 2.88. The maximum absolute atomic E-state index is 13.6. The quantitative estimate of drug-likeness (QED) is 0.683. The lowest BCUT2D eigenvalue weighted by atomic mass is 10.0. The van der Waals surface area contributed by atoms with Crippen LogP contribution in [0.3, 0.4) is 0 Å². The predicted octanol–water partition coefficient (Wildman–Crippen LogP) is 3.08. The van der Waals surface area contributed by atoms with Crippen LogP contribution in [-0.2, 0) is 9.53 Å². The molecule has 7 heteroatoms. The fourth-order valence-electron chi connectivity index (χ4n) is 4.18. The molecule has 0 aliphatic carbocycles. The Morgan fingerprint density at radius 1 is 1.10 bits per heavy atom. The number of aromatic amines is 1. The first-order chi connectivity index (χ1) is 14.1. The molecule has 2 N–H and O–H groups in total. The number of H-pyrrole nitrogens is 1. The maximum atomic E-state index is 13.6. The third-order valence-electron chi connectivity index (χ3n) is 5.56. The molecular weight excluding hydrogens is 390 g/mol. The molecule has 0 spiro atoms. The van der Waals surface area contributed by atoms with Gasteiger partial charge in [-0.1, -0.05) is 41.9 Å². The van der Waals surface area contributed by atoms with Crippen molar-refractivity contribution in [2.24, 2.45) is 5.92 Å². The molecule has 1 aromatic heterocycles. The number of benzene rings is 2. The van der Waals surface area contributed by atoms with E-state index in [1.165, 1.54) is 0 Å². The highest BCUT2D eigenvalue weighted by molar-refractivity contribution is 6.31. The van der Waals surface area contributed by atoms with Crippen LogP contribution < -0.4 is 5.32 Å². The van der Waals surface area contributed by atoms with Crippen molar-refractivity contribution < 1.29 is 14.3 Å². The molecule has 3 aromatic rings. The van der Waals surface area contributed by atoms with Gasteiger partial charge in [-0.05, 0) is 23.8 Å². The van der Waals surface area contributed by atoms with Gasteiger partial charge in [0, 0.05) is 34.6 Å². The van der Waals surface area contributed by atoms with Crippen LogP contribution in [0.1, 0.15) is 10.5 Å². The molecule has 2 amide bonds. The van der Waals surface area contributed by atoms with Gasteiger partial charge in [-0.25, -0.2) is 0 Å². The molecule has 2 bridgehead atoms. The summed E-state index contributed by atoms with van der Waals surface area (Å²) in [6.45, 7) is 1.51. The molecule has 0 unspecified atom stereocenters. The summed E-state index contributed by atoms with van der Waals surface area (Å²) >= 11 is 6.25. The first-order valence-electron chi connectivity index (χ1n) is 9.64. The number of carbonyl (C=O) groups excluding carboxylic acids is 2. The number of fused-ring (bicyclic) bond motifs is 4.